The summed E-state index contributed by atoms with van der Waals surface area (Å²) in [5, 5.41) is 11.4. The first-order valence-electron chi connectivity index (χ1n) is 8.30. The summed E-state index contributed by atoms with van der Waals surface area (Å²) in [5.41, 5.74) is 1.60. The average molecular weight is 406 g/mol. The van der Waals surface area contributed by atoms with E-state index in [0.717, 1.165) is 23.3 Å². The Labute approximate surface area is 164 Å². The number of thioether (sulfide) groups is 1. The second-order valence-electron chi connectivity index (χ2n) is 6.14. The number of aromatic nitrogens is 3. The molecule has 0 aliphatic carbocycles. The third kappa shape index (κ3) is 4.72. The molecule has 5 nitrogen and oxygen atoms in total. The molecule has 9 heteroatoms. The summed E-state index contributed by atoms with van der Waals surface area (Å²) in [6.45, 7) is 2.00. The van der Waals surface area contributed by atoms with Crippen LogP contribution in [0.1, 0.15) is 11.1 Å². The number of carbonyl (C=O) groups excluding carboxylic acids is 1. The molecule has 0 aliphatic rings. The fourth-order valence-electron chi connectivity index (χ4n) is 2.46. The molecule has 0 radical (unpaired) electrons. The van der Waals surface area contributed by atoms with Gasteiger partial charge in [0, 0.05) is 18.3 Å². The predicted molar refractivity (Wildman–Crippen MR) is 102 cm³/mol. The van der Waals surface area contributed by atoms with Gasteiger partial charge in [0.05, 0.1) is 11.3 Å². The Bertz CT molecular complexity index is 966. The van der Waals surface area contributed by atoms with E-state index >= 15 is 0 Å². The van der Waals surface area contributed by atoms with E-state index in [-0.39, 0.29) is 11.7 Å². The van der Waals surface area contributed by atoms with Gasteiger partial charge >= 0.3 is 6.18 Å². The van der Waals surface area contributed by atoms with Crippen LogP contribution in [0.5, 0.6) is 0 Å². The number of carbonyl (C=O) groups is 1. The van der Waals surface area contributed by atoms with Crippen molar-refractivity contribution in [3.8, 4) is 11.4 Å². The molecule has 0 bridgehead atoms. The van der Waals surface area contributed by atoms with Gasteiger partial charge in [0.2, 0.25) is 5.91 Å². The van der Waals surface area contributed by atoms with Crippen LogP contribution in [0.4, 0.5) is 18.9 Å². The van der Waals surface area contributed by atoms with Crippen LogP contribution in [0.25, 0.3) is 11.4 Å². The summed E-state index contributed by atoms with van der Waals surface area (Å²) in [4.78, 5) is 12.1. The van der Waals surface area contributed by atoms with E-state index in [1.807, 2.05) is 38.2 Å². The van der Waals surface area contributed by atoms with Crippen LogP contribution in [0.2, 0.25) is 0 Å². The number of hydrogen-bond acceptors (Lipinski definition) is 4. The van der Waals surface area contributed by atoms with Gasteiger partial charge in [-0.25, -0.2) is 0 Å². The SMILES string of the molecule is Cc1ccc(-c2nnc(SCC(=O)Nc3ccc(C(F)(F)F)cc3)n2C)cc1. The summed E-state index contributed by atoms with van der Waals surface area (Å²) in [7, 11) is 1.81. The van der Waals surface area contributed by atoms with Crippen molar-refractivity contribution in [3.05, 3.63) is 59.7 Å². The van der Waals surface area contributed by atoms with Crippen LogP contribution in [0.3, 0.4) is 0 Å². The number of aryl methyl sites for hydroxylation is 1. The van der Waals surface area contributed by atoms with Gasteiger partial charge in [-0.3, -0.25) is 4.79 Å². The number of nitrogens with zero attached hydrogens (tertiary/aromatic N) is 3. The van der Waals surface area contributed by atoms with E-state index in [1.165, 1.54) is 23.9 Å². The lowest BCUT2D eigenvalue weighted by Gasteiger charge is -2.09. The van der Waals surface area contributed by atoms with E-state index in [2.05, 4.69) is 15.5 Å². The van der Waals surface area contributed by atoms with Crippen LogP contribution in [-0.2, 0) is 18.0 Å². The Kier molecular flexibility index (Phi) is 5.73. The first-order chi connectivity index (χ1) is 13.2. The van der Waals surface area contributed by atoms with Crippen LogP contribution in [-0.4, -0.2) is 26.4 Å². The quantitative estimate of drug-likeness (QED) is 0.632. The molecule has 0 atom stereocenters. The summed E-state index contributed by atoms with van der Waals surface area (Å²) in [5.74, 6) is 0.399. The summed E-state index contributed by atoms with van der Waals surface area (Å²) < 4.78 is 39.5. The van der Waals surface area contributed by atoms with Gasteiger partial charge in [0.1, 0.15) is 0 Å². The minimum absolute atomic E-state index is 0.0564. The molecule has 0 unspecified atom stereocenters. The van der Waals surface area contributed by atoms with Gasteiger partial charge in [-0.2, -0.15) is 13.2 Å². The third-order valence-electron chi connectivity index (χ3n) is 3.97. The second-order valence-corrected chi connectivity index (χ2v) is 7.09. The lowest BCUT2D eigenvalue weighted by Crippen LogP contribution is -2.14. The number of benzene rings is 2. The van der Waals surface area contributed by atoms with Gasteiger partial charge in [0.25, 0.3) is 0 Å². The van der Waals surface area contributed by atoms with Crippen molar-refractivity contribution < 1.29 is 18.0 Å². The van der Waals surface area contributed by atoms with Crippen molar-refractivity contribution >= 4 is 23.4 Å². The molecule has 0 saturated heterocycles. The maximum Gasteiger partial charge on any atom is 0.416 e. The molecule has 28 heavy (non-hydrogen) atoms. The van der Waals surface area contributed by atoms with Crippen LogP contribution in [0, 0.1) is 6.92 Å². The molecule has 1 heterocycles. The first-order valence-corrected chi connectivity index (χ1v) is 9.29. The van der Waals surface area contributed by atoms with E-state index in [1.54, 1.807) is 4.57 Å². The Hall–Kier alpha value is -2.81. The Morgan fingerprint density at radius 2 is 1.71 bits per heavy atom. The molecule has 1 amide bonds. The molecule has 3 aromatic rings. The van der Waals surface area contributed by atoms with Crippen molar-refractivity contribution in [1.82, 2.24) is 14.8 Å². The molecule has 0 fully saturated rings. The van der Waals surface area contributed by atoms with Gasteiger partial charge < -0.3 is 9.88 Å². The summed E-state index contributed by atoms with van der Waals surface area (Å²) in [6, 6.07) is 12.2. The minimum Gasteiger partial charge on any atom is -0.325 e. The van der Waals surface area contributed by atoms with Crippen molar-refractivity contribution in [2.75, 3.05) is 11.1 Å². The molecule has 0 aliphatic heterocycles. The fourth-order valence-corrected chi connectivity index (χ4v) is 3.18. The lowest BCUT2D eigenvalue weighted by molar-refractivity contribution is -0.137. The van der Waals surface area contributed by atoms with Gasteiger partial charge in [-0.1, -0.05) is 41.6 Å². The molecular weight excluding hydrogens is 389 g/mol. The third-order valence-corrected chi connectivity index (χ3v) is 4.99. The zero-order valence-electron chi connectivity index (χ0n) is 15.1. The number of amides is 1. The van der Waals surface area contributed by atoms with Gasteiger partial charge in [-0.05, 0) is 31.2 Å². The smallest absolute Gasteiger partial charge is 0.325 e. The summed E-state index contributed by atoms with van der Waals surface area (Å²) in [6.07, 6.45) is -4.40. The Morgan fingerprint density at radius 3 is 2.32 bits per heavy atom. The second kappa shape index (κ2) is 8.05. The van der Waals surface area contributed by atoms with E-state index in [9.17, 15) is 18.0 Å². The normalized spacial score (nSPS) is 11.5. The zero-order valence-corrected chi connectivity index (χ0v) is 15.9. The summed E-state index contributed by atoms with van der Waals surface area (Å²) >= 11 is 1.20. The number of rotatable bonds is 5. The average Bonchev–Trinajstić information content (AvgIpc) is 3.01. The van der Waals surface area contributed by atoms with Gasteiger partial charge in [-0.15, -0.1) is 10.2 Å². The maximum atomic E-state index is 12.6. The molecule has 0 spiro atoms. The van der Waals surface area contributed by atoms with Crippen LogP contribution >= 0.6 is 11.8 Å². The van der Waals surface area contributed by atoms with Crippen LogP contribution in [0.15, 0.2) is 53.7 Å². The highest BCUT2D eigenvalue weighted by molar-refractivity contribution is 7.99. The fraction of sp³-hybridized carbons (Fsp3) is 0.211. The van der Waals surface area contributed by atoms with Gasteiger partial charge in [0.15, 0.2) is 11.0 Å². The Balaban J connectivity index is 1.60. The molecule has 1 aromatic heterocycles. The van der Waals surface area contributed by atoms with E-state index in [0.29, 0.717) is 16.7 Å². The number of halogens is 3. The maximum absolute atomic E-state index is 12.6. The molecule has 3 rings (SSSR count). The minimum atomic E-state index is -4.40. The molecule has 146 valence electrons. The number of alkyl halides is 3. The van der Waals surface area contributed by atoms with Crippen LogP contribution < -0.4 is 5.32 Å². The first kappa shape index (κ1) is 19.9. The monoisotopic (exact) mass is 406 g/mol. The molecular formula is C19H17F3N4OS. The van der Waals surface area contributed by atoms with E-state index in [4.69, 9.17) is 0 Å². The molecule has 1 N–H and O–H groups in total. The van der Waals surface area contributed by atoms with Crippen molar-refractivity contribution in [2.45, 2.75) is 18.3 Å². The topological polar surface area (TPSA) is 59.8 Å². The molecule has 0 saturated carbocycles. The highest BCUT2D eigenvalue weighted by Crippen LogP contribution is 2.30. The van der Waals surface area contributed by atoms with Crippen molar-refractivity contribution in [3.63, 3.8) is 0 Å². The lowest BCUT2D eigenvalue weighted by atomic mass is 10.1. The van der Waals surface area contributed by atoms with E-state index < -0.39 is 11.7 Å². The van der Waals surface area contributed by atoms with Crippen molar-refractivity contribution in [1.29, 1.82) is 0 Å². The molecule has 2 aromatic carbocycles. The number of anilines is 1. The number of nitrogens with one attached hydrogen (secondary N) is 1. The standard InChI is InChI=1S/C19H17F3N4OS/c1-12-3-5-13(6-4-12)17-24-25-18(26(17)2)28-11-16(27)23-15-9-7-14(8-10-15)19(20,21)22/h3-10H,11H2,1-2H3,(H,23,27). The highest BCUT2D eigenvalue weighted by Gasteiger charge is 2.30. The highest BCUT2D eigenvalue weighted by atomic mass is 32.2. The number of hydrogen-bond donors (Lipinski definition) is 1. The Morgan fingerprint density at radius 1 is 1.07 bits per heavy atom. The largest absolute Gasteiger partial charge is 0.416 e. The zero-order chi connectivity index (χ0) is 20.3. The predicted octanol–water partition coefficient (Wildman–Crippen LogP) is 4.54. The van der Waals surface area contributed by atoms with Crippen molar-refractivity contribution in [2.24, 2.45) is 7.05 Å².